The summed E-state index contributed by atoms with van der Waals surface area (Å²) in [6.45, 7) is 1.23. The maximum Gasteiger partial charge on any atom is 0.00922 e. The third-order valence-corrected chi connectivity index (χ3v) is 2.93. The molecule has 11 heavy (non-hydrogen) atoms. The summed E-state index contributed by atoms with van der Waals surface area (Å²) >= 11 is 4.21. The van der Waals surface area contributed by atoms with Gasteiger partial charge in [0.1, 0.15) is 0 Å². The van der Waals surface area contributed by atoms with Gasteiger partial charge in [-0.05, 0) is 38.6 Å². The van der Waals surface area contributed by atoms with Crippen molar-refractivity contribution in [2.75, 3.05) is 19.3 Å². The number of thiol groups is 1. The molecule has 0 unspecified atom stereocenters. The van der Waals surface area contributed by atoms with E-state index < -0.39 is 0 Å². The lowest BCUT2D eigenvalue weighted by molar-refractivity contribution is 0.247. The molecule has 0 saturated heterocycles. The van der Waals surface area contributed by atoms with Crippen molar-refractivity contribution in [2.45, 2.75) is 38.1 Å². The van der Waals surface area contributed by atoms with Crippen molar-refractivity contribution in [3.63, 3.8) is 0 Å². The maximum atomic E-state index is 4.21. The van der Waals surface area contributed by atoms with E-state index in [1.165, 1.54) is 38.6 Å². The highest BCUT2D eigenvalue weighted by atomic mass is 32.1. The van der Waals surface area contributed by atoms with Crippen LogP contribution in [0, 0.1) is 0 Å². The minimum atomic E-state index is 0.884. The minimum Gasteiger partial charge on any atom is -0.303 e. The highest BCUT2D eigenvalue weighted by Gasteiger charge is 2.18. The van der Waals surface area contributed by atoms with Gasteiger partial charge in [-0.25, -0.2) is 0 Å². The highest BCUT2D eigenvalue weighted by Crippen LogP contribution is 2.22. The van der Waals surface area contributed by atoms with Crippen molar-refractivity contribution in [3.05, 3.63) is 0 Å². The molecular weight excluding hydrogens is 154 g/mol. The van der Waals surface area contributed by atoms with Gasteiger partial charge in [-0.15, -0.1) is 0 Å². The SMILES string of the molecule is CN(CCCS)C1CCCC1. The fraction of sp³-hybridized carbons (Fsp3) is 1.00. The number of hydrogen-bond donors (Lipinski definition) is 1. The second-order valence-corrected chi connectivity index (χ2v) is 3.94. The summed E-state index contributed by atoms with van der Waals surface area (Å²) in [5, 5.41) is 0. The molecule has 1 nitrogen and oxygen atoms in total. The molecule has 0 spiro atoms. The first-order chi connectivity index (χ1) is 5.34. The fourth-order valence-corrected chi connectivity index (χ4v) is 1.99. The Kier molecular flexibility index (Phi) is 4.31. The Morgan fingerprint density at radius 1 is 1.36 bits per heavy atom. The molecule has 0 N–H and O–H groups in total. The summed E-state index contributed by atoms with van der Waals surface area (Å²) in [5.74, 6) is 1.02. The van der Waals surface area contributed by atoms with E-state index in [1.54, 1.807) is 0 Å². The van der Waals surface area contributed by atoms with Crippen LogP contribution in [-0.2, 0) is 0 Å². The van der Waals surface area contributed by atoms with Crippen LogP contribution in [0.25, 0.3) is 0 Å². The first-order valence-corrected chi connectivity index (χ1v) is 5.29. The zero-order chi connectivity index (χ0) is 8.10. The summed E-state index contributed by atoms with van der Waals surface area (Å²) in [6.07, 6.45) is 6.95. The van der Waals surface area contributed by atoms with E-state index in [2.05, 4.69) is 24.6 Å². The molecular formula is C9H19NS. The van der Waals surface area contributed by atoms with Gasteiger partial charge in [0, 0.05) is 6.04 Å². The summed E-state index contributed by atoms with van der Waals surface area (Å²) in [5.41, 5.74) is 0. The van der Waals surface area contributed by atoms with Gasteiger partial charge in [-0.2, -0.15) is 12.6 Å². The lowest BCUT2D eigenvalue weighted by atomic mass is 10.2. The summed E-state index contributed by atoms with van der Waals surface area (Å²) < 4.78 is 0. The number of hydrogen-bond acceptors (Lipinski definition) is 2. The molecule has 1 aliphatic carbocycles. The molecule has 0 aromatic rings. The van der Waals surface area contributed by atoms with Gasteiger partial charge in [-0.1, -0.05) is 12.8 Å². The molecule has 0 amide bonds. The molecule has 1 rings (SSSR count). The van der Waals surface area contributed by atoms with Crippen LogP contribution in [0.3, 0.4) is 0 Å². The van der Waals surface area contributed by atoms with Crippen LogP contribution in [-0.4, -0.2) is 30.3 Å². The lowest BCUT2D eigenvalue weighted by Gasteiger charge is -2.23. The molecule has 0 bridgehead atoms. The average molecular weight is 173 g/mol. The predicted octanol–water partition coefficient (Wildman–Crippen LogP) is 2.18. The van der Waals surface area contributed by atoms with Gasteiger partial charge < -0.3 is 4.90 Å². The summed E-state index contributed by atoms with van der Waals surface area (Å²) in [4.78, 5) is 2.50. The Morgan fingerprint density at radius 3 is 2.55 bits per heavy atom. The van der Waals surface area contributed by atoms with E-state index in [-0.39, 0.29) is 0 Å². The minimum absolute atomic E-state index is 0.884. The number of rotatable bonds is 4. The smallest absolute Gasteiger partial charge is 0.00922 e. The van der Waals surface area contributed by atoms with Crippen LogP contribution in [0.1, 0.15) is 32.1 Å². The topological polar surface area (TPSA) is 3.24 Å². The Labute approximate surface area is 75.6 Å². The van der Waals surface area contributed by atoms with Crippen LogP contribution in [0.5, 0.6) is 0 Å². The molecule has 0 aromatic carbocycles. The molecule has 1 fully saturated rings. The monoisotopic (exact) mass is 173 g/mol. The third-order valence-electron chi connectivity index (χ3n) is 2.62. The van der Waals surface area contributed by atoms with Crippen molar-refractivity contribution in [1.29, 1.82) is 0 Å². The van der Waals surface area contributed by atoms with Crippen molar-refractivity contribution < 1.29 is 0 Å². The van der Waals surface area contributed by atoms with E-state index in [9.17, 15) is 0 Å². The van der Waals surface area contributed by atoms with Gasteiger partial charge in [0.15, 0.2) is 0 Å². The van der Waals surface area contributed by atoms with E-state index in [0.717, 1.165) is 11.8 Å². The van der Waals surface area contributed by atoms with E-state index >= 15 is 0 Å². The van der Waals surface area contributed by atoms with Gasteiger partial charge in [0.2, 0.25) is 0 Å². The lowest BCUT2D eigenvalue weighted by Crippen LogP contribution is -2.30. The molecule has 0 atom stereocenters. The first-order valence-electron chi connectivity index (χ1n) is 4.65. The van der Waals surface area contributed by atoms with Gasteiger partial charge >= 0.3 is 0 Å². The van der Waals surface area contributed by atoms with Crippen LogP contribution in [0.15, 0.2) is 0 Å². The predicted molar refractivity (Wildman–Crippen MR) is 53.4 cm³/mol. The zero-order valence-corrected chi connectivity index (χ0v) is 8.32. The van der Waals surface area contributed by atoms with E-state index in [1.807, 2.05) is 0 Å². The molecule has 1 saturated carbocycles. The van der Waals surface area contributed by atoms with Crippen molar-refractivity contribution in [1.82, 2.24) is 4.90 Å². The van der Waals surface area contributed by atoms with Crippen molar-refractivity contribution in [3.8, 4) is 0 Å². The van der Waals surface area contributed by atoms with Crippen molar-refractivity contribution in [2.24, 2.45) is 0 Å². The van der Waals surface area contributed by atoms with E-state index in [0.29, 0.717) is 0 Å². The Morgan fingerprint density at radius 2 is 2.00 bits per heavy atom. The first kappa shape index (κ1) is 9.40. The van der Waals surface area contributed by atoms with Crippen LogP contribution in [0.4, 0.5) is 0 Å². The van der Waals surface area contributed by atoms with Crippen LogP contribution >= 0.6 is 12.6 Å². The largest absolute Gasteiger partial charge is 0.303 e. The third kappa shape index (κ3) is 3.04. The highest BCUT2D eigenvalue weighted by molar-refractivity contribution is 7.80. The number of nitrogens with zero attached hydrogens (tertiary/aromatic N) is 1. The second kappa shape index (κ2) is 5.04. The molecule has 1 aliphatic rings. The van der Waals surface area contributed by atoms with E-state index in [4.69, 9.17) is 0 Å². The maximum absolute atomic E-state index is 4.21. The quantitative estimate of drug-likeness (QED) is 0.638. The Bertz CT molecular complexity index is 99.7. The summed E-state index contributed by atoms with van der Waals surface area (Å²) in [7, 11) is 2.25. The second-order valence-electron chi connectivity index (χ2n) is 3.50. The van der Waals surface area contributed by atoms with Gasteiger partial charge in [-0.3, -0.25) is 0 Å². The van der Waals surface area contributed by atoms with Crippen molar-refractivity contribution >= 4 is 12.6 Å². The van der Waals surface area contributed by atoms with Crippen LogP contribution < -0.4 is 0 Å². The Hall–Kier alpha value is 0.310. The van der Waals surface area contributed by atoms with Gasteiger partial charge in [0.05, 0.1) is 0 Å². The molecule has 2 heteroatoms. The molecule has 0 radical (unpaired) electrons. The Balaban J connectivity index is 2.12. The normalized spacial score (nSPS) is 19.9. The molecule has 0 heterocycles. The zero-order valence-electron chi connectivity index (χ0n) is 7.42. The summed E-state index contributed by atoms with van der Waals surface area (Å²) in [6, 6.07) is 0.884. The van der Waals surface area contributed by atoms with Crippen LogP contribution in [0.2, 0.25) is 0 Å². The average Bonchev–Trinajstić information content (AvgIpc) is 2.52. The fourth-order valence-electron chi connectivity index (χ4n) is 1.85. The van der Waals surface area contributed by atoms with Gasteiger partial charge in [0.25, 0.3) is 0 Å². The molecule has 66 valence electrons. The molecule has 0 aromatic heterocycles. The molecule has 0 aliphatic heterocycles. The standard InChI is InChI=1S/C9H19NS/c1-10(7-4-8-11)9-5-2-3-6-9/h9,11H,2-8H2,1H3.